The average molecular weight is 505 g/mol. The summed E-state index contributed by atoms with van der Waals surface area (Å²) in [6.07, 6.45) is 3.90. The third-order valence-electron chi connectivity index (χ3n) is 6.61. The lowest BCUT2D eigenvalue weighted by atomic mass is 10.2. The van der Waals surface area contributed by atoms with Gasteiger partial charge in [-0.2, -0.15) is 4.99 Å². The minimum Gasteiger partial charge on any atom is -0.491 e. The number of methoxy groups -OCH3 is 1. The normalized spacial score (nSPS) is 16.2. The van der Waals surface area contributed by atoms with Gasteiger partial charge in [0.1, 0.15) is 11.3 Å². The Morgan fingerprint density at radius 3 is 2.97 bits per heavy atom. The molecular formula is C25H28N8O4. The first-order valence-corrected chi connectivity index (χ1v) is 12.4. The Hall–Kier alpha value is -4.03. The van der Waals surface area contributed by atoms with Crippen LogP contribution in [0.2, 0.25) is 0 Å². The van der Waals surface area contributed by atoms with Crippen molar-refractivity contribution in [2.24, 2.45) is 4.99 Å². The molecule has 6 rings (SSSR count). The van der Waals surface area contributed by atoms with Crippen LogP contribution in [0.1, 0.15) is 16.8 Å². The fourth-order valence-electron chi connectivity index (χ4n) is 4.74. The zero-order valence-corrected chi connectivity index (χ0v) is 20.6. The summed E-state index contributed by atoms with van der Waals surface area (Å²) in [7, 11) is 1.60. The summed E-state index contributed by atoms with van der Waals surface area (Å²) in [4.78, 5) is 35.8. The number of amides is 1. The standard InChI is InChI=1S/C25H28N8O4/c1-35-21-19(37-10-2-6-32-8-11-36-12-9-32)4-3-17-20(21)30-25(33-7-5-26-23(17)33)31-24(34)16-13-18-22(27-14-16)29-15-28-18/h3-4,13-15,26H,2,5-12H2,1H3,(H,27,28,29). The Balaban J connectivity index is 1.31. The minimum atomic E-state index is -0.438. The number of ether oxygens (including phenoxy) is 3. The molecule has 0 unspecified atom stereocenters. The van der Waals surface area contributed by atoms with Gasteiger partial charge in [0.2, 0.25) is 5.62 Å². The molecule has 0 atom stereocenters. The number of rotatable bonds is 7. The number of carbonyl (C=O) groups excluding carboxylic acids is 1. The molecule has 1 saturated heterocycles. The summed E-state index contributed by atoms with van der Waals surface area (Å²) in [5.74, 6) is 1.53. The van der Waals surface area contributed by atoms with Crippen LogP contribution >= 0.6 is 0 Å². The molecule has 0 aliphatic carbocycles. The van der Waals surface area contributed by atoms with Crippen molar-refractivity contribution < 1.29 is 19.0 Å². The largest absolute Gasteiger partial charge is 0.491 e. The van der Waals surface area contributed by atoms with Crippen LogP contribution in [-0.4, -0.2) is 88.4 Å². The number of aromatic amines is 1. The van der Waals surface area contributed by atoms with Crippen molar-refractivity contribution in [3.63, 3.8) is 0 Å². The summed E-state index contributed by atoms with van der Waals surface area (Å²) >= 11 is 0. The Morgan fingerprint density at radius 1 is 1.22 bits per heavy atom. The molecule has 4 aromatic rings. The molecule has 2 aliphatic heterocycles. The van der Waals surface area contributed by atoms with E-state index in [1.165, 1.54) is 12.5 Å². The Labute approximate surface area is 212 Å². The number of nitrogens with one attached hydrogen (secondary N) is 2. The molecule has 2 N–H and O–H groups in total. The van der Waals surface area contributed by atoms with Crippen LogP contribution in [0.15, 0.2) is 35.7 Å². The van der Waals surface area contributed by atoms with Gasteiger partial charge < -0.3 is 24.5 Å². The lowest BCUT2D eigenvalue weighted by molar-refractivity contribution is 0.0357. The number of fused-ring (bicyclic) bond motifs is 4. The number of hydrogen-bond donors (Lipinski definition) is 2. The molecule has 12 heteroatoms. The van der Waals surface area contributed by atoms with Gasteiger partial charge >= 0.3 is 0 Å². The number of H-pyrrole nitrogens is 1. The fraction of sp³-hybridized carbons (Fsp3) is 0.400. The number of carbonyl (C=O) groups is 1. The van der Waals surface area contributed by atoms with Crippen molar-refractivity contribution in [1.29, 1.82) is 0 Å². The van der Waals surface area contributed by atoms with Crippen LogP contribution in [-0.2, 0) is 11.3 Å². The smallest absolute Gasteiger partial charge is 0.281 e. The summed E-state index contributed by atoms with van der Waals surface area (Å²) in [6, 6.07) is 5.56. The van der Waals surface area contributed by atoms with E-state index in [9.17, 15) is 4.79 Å². The van der Waals surface area contributed by atoms with Crippen LogP contribution in [0.3, 0.4) is 0 Å². The number of hydrogen-bond acceptors (Lipinski definition) is 9. The second-order valence-corrected chi connectivity index (χ2v) is 8.90. The SMILES string of the molecule is COc1c(OCCCN2CCOCC2)ccc2c3n(c(=NC(=O)c4cnc5nc[nH]c5c4)nc12)CCN3. The quantitative estimate of drug-likeness (QED) is 0.360. The third kappa shape index (κ3) is 4.60. The predicted molar refractivity (Wildman–Crippen MR) is 136 cm³/mol. The Kier molecular flexibility index (Phi) is 6.41. The Bertz CT molecular complexity index is 1520. The van der Waals surface area contributed by atoms with E-state index in [1.54, 1.807) is 13.2 Å². The molecule has 3 aromatic heterocycles. The lowest BCUT2D eigenvalue weighted by Crippen LogP contribution is -2.37. The van der Waals surface area contributed by atoms with Crippen molar-refractivity contribution in [3.8, 4) is 11.5 Å². The summed E-state index contributed by atoms with van der Waals surface area (Å²) in [5, 5.41) is 4.27. The Morgan fingerprint density at radius 2 is 2.11 bits per heavy atom. The van der Waals surface area contributed by atoms with E-state index in [1.807, 2.05) is 16.7 Å². The number of anilines is 1. The molecule has 1 fully saturated rings. The maximum absolute atomic E-state index is 13.1. The van der Waals surface area contributed by atoms with E-state index in [0.717, 1.165) is 50.5 Å². The number of pyridine rings is 1. The van der Waals surface area contributed by atoms with Gasteiger partial charge in [0.25, 0.3) is 5.91 Å². The van der Waals surface area contributed by atoms with E-state index >= 15 is 0 Å². The van der Waals surface area contributed by atoms with Crippen LogP contribution in [0, 0.1) is 0 Å². The van der Waals surface area contributed by atoms with Gasteiger partial charge in [0, 0.05) is 44.3 Å². The molecule has 0 spiro atoms. The molecule has 192 valence electrons. The molecule has 37 heavy (non-hydrogen) atoms. The fourth-order valence-corrected chi connectivity index (χ4v) is 4.74. The molecule has 0 saturated carbocycles. The molecule has 1 aromatic carbocycles. The maximum atomic E-state index is 13.1. The molecule has 1 amide bonds. The molecule has 2 aliphatic rings. The molecule has 0 bridgehead atoms. The van der Waals surface area contributed by atoms with Crippen molar-refractivity contribution in [1.82, 2.24) is 29.4 Å². The maximum Gasteiger partial charge on any atom is 0.281 e. The van der Waals surface area contributed by atoms with Crippen LogP contribution in [0.25, 0.3) is 22.1 Å². The summed E-state index contributed by atoms with van der Waals surface area (Å²) in [5.41, 5.74) is 2.45. The molecule has 12 nitrogen and oxygen atoms in total. The van der Waals surface area contributed by atoms with Crippen molar-refractivity contribution in [2.45, 2.75) is 13.0 Å². The highest BCUT2D eigenvalue weighted by atomic mass is 16.5. The van der Waals surface area contributed by atoms with Crippen LogP contribution in [0.5, 0.6) is 11.5 Å². The third-order valence-corrected chi connectivity index (χ3v) is 6.61. The second kappa shape index (κ2) is 10.1. The first kappa shape index (κ1) is 23.4. The van der Waals surface area contributed by atoms with E-state index in [4.69, 9.17) is 19.2 Å². The summed E-state index contributed by atoms with van der Waals surface area (Å²) in [6.45, 7) is 6.33. The average Bonchev–Trinajstić information content (AvgIpc) is 3.61. The van der Waals surface area contributed by atoms with E-state index in [2.05, 4.69) is 30.2 Å². The number of nitrogens with zero attached hydrogens (tertiary/aromatic N) is 6. The van der Waals surface area contributed by atoms with Crippen molar-refractivity contribution in [3.05, 3.63) is 41.9 Å². The van der Waals surface area contributed by atoms with Gasteiger partial charge in [0.05, 0.1) is 44.3 Å². The van der Waals surface area contributed by atoms with Gasteiger partial charge in [-0.1, -0.05) is 0 Å². The van der Waals surface area contributed by atoms with Gasteiger partial charge in [-0.15, -0.1) is 0 Å². The van der Waals surface area contributed by atoms with Gasteiger partial charge in [-0.3, -0.25) is 14.3 Å². The van der Waals surface area contributed by atoms with Crippen molar-refractivity contribution in [2.75, 3.05) is 58.4 Å². The van der Waals surface area contributed by atoms with E-state index in [0.29, 0.717) is 59.1 Å². The van der Waals surface area contributed by atoms with Gasteiger partial charge in [-0.25, -0.2) is 15.0 Å². The topological polar surface area (TPSA) is 132 Å². The zero-order chi connectivity index (χ0) is 25.2. The van der Waals surface area contributed by atoms with Crippen LogP contribution in [0.4, 0.5) is 5.82 Å². The second-order valence-electron chi connectivity index (χ2n) is 8.90. The molecular weight excluding hydrogens is 476 g/mol. The summed E-state index contributed by atoms with van der Waals surface area (Å²) < 4.78 is 19.2. The van der Waals surface area contributed by atoms with E-state index < -0.39 is 5.91 Å². The highest BCUT2D eigenvalue weighted by Gasteiger charge is 2.21. The van der Waals surface area contributed by atoms with E-state index in [-0.39, 0.29) is 0 Å². The zero-order valence-electron chi connectivity index (χ0n) is 20.6. The number of aromatic nitrogens is 5. The highest BCUT2D eigenvalue weighted by molar-refractivity contribution is 5.98. The van der Waals surface area contributed by atoms with Gasteiger partial charge in [-0.05, 0) is 24.6 Å². The number of benzene rings is 1. The first-order chi connectivity index (χ1) is 18.2. The number of morpholine rings is 1. The number of imidazole rings is 1. The first-order valence-electron chi connectivity index (χ1n) is 12.4. The monoisotopic (exact) mass is 504 g/mol. The lowest BCUT2D eigenvalue weighted by Gasteiger charge is -2.26. The molecule has 5 heterocycles. The minimum absolute atomic E-state index is 0.296. The molecule has 0 radical (unpaired) electrons. The highest BCUT2D eigenvalue weighted by Crippen LogP contribution is 2.37. The van der Waals surface area contributed by atoms with Crippen molar-refractivity contribution >= 4 is 33.8 Å². The van der Waals surface area contributed by atoms with Gasteiger partial charge in [0.15, 0.2) is 17.1 Å². The van der Waals surface area contributed by atoms with Crippen LogP contribution < -0.4 is 20.4 Å². The predicted octanol–water partition coefficient (Wildman–Crippen LogP) is 1.58.